The van der Waals surface area contributed by atoms with E-state index in [0.29, 0.717) is 6.04 Å². The van der Waals surface area contributed by atoms with Crippen molar-refractivity contribution in [2.75, 3.05) is 20.8 Å². The van der Waals surface area contributed by atoms with Gasteiger partial charge >= 0.3 is 0 Å². The topological polar surface area (TPSA) is 30.5 Å². The Morgan fingerprint density at radius 3 is 2.29 bits per heavy atom. The fraction of sp³-hybridized carbons (Fsp3) is 1.00. The van der Waals surface area contributed by atoms with E-state index in [2.05, 4.69) is 19.2 Å². The Balaban J connectivity index is 2.24. The summed E-state index contributed by atoms with van der Waals surface area (Å²) in [4.78, 5) is 0. The zero-order valence-corrected chi connectivity index (χ0v) is 9.75. The van der Waals surface area contributed by atoms with E-state index < -0.39 is 0 Å². The first kappa shape index (κ1) is 12.0. The smallest absolute Gasteiger partial charge is 0.169 e. The summed E-state index contributed by atoms with van der Waals surface area (Å²) >= 11 is 0. The second-order valence-electron chi connectivity index (χ2n) is 4.33. The molecule has 0 saturated heterocycles. The molecular formula is C11H23NO2. The first-order chi connectivity index (χ1) is 6.69. The zero-order valence-electron chi connectivity index (χ0n) is 9.75. The van der Waals surface area contributed by atoms with Gasteiger partial charge in [-0.3, -0.25) is 0 Å². The maximum atomic E-state index is 5.14. The molecule has 3 atom stereocenters. The minimum atomic E-state index is -0.113. The van der Waals surface area contributed by atoms with Crippen LogP contribution in [0, 0.1) is 11.8 Å². The molecule has 1 rings (SSSR count). The van der Waals surface area contributed by atoms with Gasteiger partial charge in [-0.2, -0.15) is 0 Å². The van der Waals surface area contributed by atoms with Crippen molar-refractivity contribution < 1.29 is 9.47 Å². The lowest BCUT2D eigenvalue weighted by molar-refractivity contribution is -0.100. The highest BCUT2D eigenvalue weighted by Gasteiger charge is 2.29. The van der Waals surface area contributed by atoms with E-state index in [9.17, 15) is 0 Å². The Morgan fingerprint density at radius 1 is 1.21 bits per heavy atom. The monoisotopic (exact) mass is 201 g/mol. The summed E-state index contributed by atoms with van der Waals surface area (Å²) in [5, 5.41) is 3.51. The lowest BCUT2D eigenvalue weighted by atomic mass is 9.98. The fourth-order valence-corrected chi connectivity index (χ4v) is 2.16. The Morgan fingerprint density at radius 2 is 1.86 bits per heavy atom. The molecular weight excluding hydrogens is 178 g/mol. The molecule has 0 spiro atoms. The normalized spacial score (nSPS) is 32.8. The minimum Gasteiger partial charge on any atom is -0.355 e. The summed E-state index contributed by atoms with van der Waals surface area (Å²) in [5.41, 5.74) is 0. The van der Waals surface area contributed by atoms with Gasteiger partial charge in [0.1, 0.15) is 0 Å². The van der Waals surface area contributed by atoms with E-state index in [1.807, 2.05) is 0 Å². The van der Waals surface area contributed by atoms with E-state index in [0.717, 1.165) is 18.4 Å². The van der Waals surface area contributed by atoms with Crippen molar-refractivity contribution in [3.8, 4) is 0 Å². The van der Waals surface area contributed by atoms with Crippen LogP contribution in [0.5, 0.6) is 0 Å². The fourth-order valence-electron chi connectivity index (χ4n) is 2.16. The van der Waals surface area contributed by atoms with Crippen LogP contribution in [0.4, 0.5) is 0 Å². The molecule has 0 heterocycles. The molecule has 84 valence electrons. The van der Waals surface area contributed by atoms with E-state index in [-0.39, 0.29) is 6.29 Å². The Kier molecular flexibility index (Phi) is 4.85. The SMILES string of the molecule is COC(CNC1CCC(C)C1C)OC. The number of nitrogens with one attached hydrogen (secondary N) is 1. The molecule has 0 radical (unpaired) electrons. The number of rotatable bonds is 5. The van der Waals surface area contributed by atoms with Crippen LogP contribution in [0.15, 0.2) is 0 Å². The molecule has 0 aromatic rings. The summed E-state index contributed by atoms with van der Waals surface area (Å²) < 4.78 is 10.3. The van der Waals surface area contributed by atoms with Crippen LogP contribution in [0.1, 0.15) is 26.7 Å². The predicted octanol–water partition coefficient (Wildman–Crippen LogP) is 1.63. The molecule has 1 aliphatic rings. The van der Waals surface area contributed by atoms with Gasteiger partial charge in [0.25, 0.3) is 0 Å². The Labute approximate surface area is 87.2 Å². The summed E-state index contributed by atoms with van der Waals surface area (Å²) in [7, 11) is 3.35. The van der Waals surface area contributed by atoms with Crippen molar-refractivity contribution >= 4 is 0 Å². The molecule has 0 aromatic carbocycles. The molecule has 3 unspecified atom stereocenters. The van der Waals surface area contributed by atoms with Crippen LogP contribution in [0.25, 0.3) is 0 Å². The Hall–Kier alpha value is -0.120. The summed E-state index contributed by atoms with van der Waals surface area (Å²) in [5.74, 6) is 1.61. The van der Waals surface area contributed by atoms with Crippen LogP contribution in [0.2, 0.25) is 0 Å². The molecule has 3 nitrogen and oxygen atoms in total. The number of methoxy groups -OCH3 is 2. The van der Waals surface area contributed by atoms with Gasteiger partial charge in [-0.15, -0.1) is 0 Å². The quantitative estimate of drug-likeness (QED) is 0.686. The molecule has 14 heavy (non-hydrogen) atoms. The largest absolute Gasteiger partial charge is 0.355 e. The maximum absolute atomic E-state index is 5.14. The van der Waals surface area contributed by atoms with Crippen molar-refractivity contribution in [1.82, 2.24) is 5.32 Å². The van der Waals surface area contributed by atoms with Gasteiger partial charge < -0.3 is 14.8 Å². The number of hydrogen-bond donors (Lipinski definition) is 1. The van der Waals surface area contributed by atoms with Crippen molar-refractivity contribution in [3.63, 3.8) is 0 Å². The second-order valence-corrected chi connectivity index (χ2v) is 4.33. The van der Waals surface area contributed by atoms with Gasteiger partial charge in [0.05, 0.1) is 0 Å². The molecule has 0 aliphatic heterocycles. The molecule has 1 saturated carbocycles. The van der Waals surface area contributed by atoms with Crippen molar-refractivity contribution in [3.05, 3.63) is 0 Å². The highest BCUT2D eigenvalue weighted by atomic mass is 16.7. The predicted molar refractivity (Wildman–Crippen MR) is 57.2 cm³/mol. The maximum Gasteiger partial charge on any atom is 0.169 e. The molecule has 0 bridgehead atoms. The first-order valence-electron chi connectivity index (χ1n) is 5.48. The highest BCUT2D eigenvalue weighted by molar-refractivity contribution is 4.84. The van der Waals surface area contributed by atoms with Gasteiger partial charge in [-0.1, -0.05) is 13.8 Å². The van der Waals surface area contributed by atoms with Crippen LogP contribution in [-0.4, -0.2) is 33.1 Å². The van der Waals surface area contributed by atoms with Crippen LogP contribution < -0.4 is 5.32 Å². The van der Waals surface area contributed by atoms with Crippen molar-refractivity contribution in [1.29, 1.82) is 0 Å². The Bertz CT molecular complexity index is 159. The molecule has 1 fully saturated rings. The standard InChI is InChI=1S/C11H23NO2/c1-8-5-6-10(9(8)2)12-7-11(13-3)14-4/h8-12H,5-7H2,1-4H3. The molecule has 1 aliphatic carbocycles. The van der Waals surface area contributed by atoms with Crippen molar-refractivity contribution in [2.24, 2.45) is 11.8 Å². The van der Waals surface area contributed by atoms with Gasteiger partial charge in [0, 0.05) is 26.8 Å². The number of hydrogen-bond acceptors (Lipinski definition) is 3. The van der Waals surface area contributed by atoms with Gasteiger partial charge in [-0.25, -0.2) is 0 Å². The third-order valence-corrected chi connectivity index (χ3v) is 3.54. The average Bonchev–Trinajstić information content (AvgIpc) is 2.51. The third kappa shape index (κ3) is 2.94. The molecule has 1 N–H and O–H groups in total. The lowest BCUT2D eigenvalue weighted by Crippen LogP contribution is -2.39. The van der Waals surface area contributed by atoms with E-state index >= 15 is 0 Å². The average molecular weight is 201 g/mol. The van der Waals surface area contributed by atoms with Gasteiger partial charge in [-0.05, 0) is 24.7 Å². The van der Waals surface area contributed by atoms with Crippen LogP contribution in [0.3, 0.4) is 0 Å². The number of ether oxygens (including phenoxy) is 2. The first-order valence-corrected chi connectivity index (χ1v) is 5.48. The second kappa shape index (κ2) is 5.69. The van der Waals surface area contributed by atoms with E-state index in [4.69, 9.17) is 9.47 Å². The van der Waals surface area contributed by atoms with E-state index in [1.54, 1.807) is 14.2 Å². The van der Waals surface area contributed by atoms with Crippen LogP contribution in [-0.2, 0) is 9.47 Å². The highest BCUT2D eigenvalue weighted by Crippen LogP contribution is 2.30. The van der Waals surface area contributed by atoms with E-state index in [1.165, 1.54) is 12.8 Å². The minimum absolute atomic E-state index is 0.113. The summed E-state index contributed by atoms with van der Waals surface area (Å²) in [6, 6.07) is 0.637. The van der Waals surface area contributed by atoms with Gasteiger partial charge in [0.2, 0.25) is 0 Å². The van der Waals surface area contributed by atoms with Crippen LogP contribution >= 0.6 is 0 Å². The lowest BCUT2D eigenvalue weighted by Gasteiger charge is -2.22. The van der Waals surface area contributed by atoms with Crippen molar-refractivity contribution in [2.45, 2.75) is 39.0 Å². The summed E-state index contributed by atoms with van der Waals surface area (Å²) in [6.45, 7) is 5.44. The molecule has 3 heteroatoms. The molecule has 0 amide bonds. The van der Waals surface area contributed by atoms with Gasteiger partial charge in [0.15, 0.2) is 6.29 Å². The third-order valence-electron chi connectivity index (χ3n) is 3.54. The molecule has 0 aromatic heterocycles. The zero-order chi connectivity index (χ0) is 10.6. The summed E-state index contributed by atoms with van der Waals surface area (Å²) in [6.07, 6.45) is 2.50.